The Kier molecular flexibility index (Phi) is 6.49. The average Bonchev–Trinajstić information content (AvgIpc) is 3.58. The van der Waals surface area contributed by atoms with Crippen LogP contribution in [0.2, 0.25) is 0 Å². The molecule has 2 N–H and O–H groups in total. The standard InChI is InChI=1S/C30H29N3O2/c1-2-27(23-6-5-7-26(19-23)33-16-3-4-17-33)30(24-13-14-28-25(18-24)20-31-32-28)22-11-8-21(9-12-22)10-15-29(34)35/h5-15,18-20H,2-4,16-17H2,1H3,(H,31,32)(H,34,35). The molecule has 0 spiro atoms. The van der Waals surface area contributed by atoms with E-state index in [1.807, 2.05) is 18.3 Å². The summed E-state index contributed by atoms with van der Waals surface area (Å²) in [6.07, 6.45) is 8.02. The third-order valence-corrected chi connectivity index (χ3v) is 6.67. The zero-order valence-corrected chi connectivity index (χ0v) is 19.9. The predicted molar refractivity (Wildman–Crippen MR) is 143 cm³/mol. The van der Waals surface area contributed by atoms with Crippen molar-refractivity contribution in [2.24, 2.45) is 0 Å². The van der Waals surface area contributed by atoms with Gasteiger partial charge in [-0.05, 0) is 83.0 Å². The number of aromatic nitrogens is 2. The van der Waals surface area contributed by atoms with Crippen LogP contribution in [-0.4, -0.2) is 34.4 Å². The summed E-state index contributed by atoms with van der Waals surface area (Å²) < 4.78 is 0. The first-order valence-corrected chi connectivity index (χ1v) is 12.2. The molecule has 3 aromatic carbocycles. The van der Waals surface area contributed by atoms with E-state index in [9.17, 15) is 4.79 Å². The Hall–Kier alpha value is -4.12. The molecule has 1 aliphatic heterocycles. The summed E-state index contributed by atoms with van der Waals surface area (Å²) >= 11 is 0. The summed E-state index contributed by atoms with van der Waals surface area (Å²) in [7, 11) is 0. The molecular formula is C30H29N3O2. The van der Waals surface area contributed by atoms with Gasteiger partial charge in [-0.3, -0.25) is 5.10 Å². The van der Waals surface area contributed by atoms with Crippen molar-refractivity contribution in [2.75, 3.05) is 18.0 Å². The maximum absolute atomic E-state index is 10.9. The summed E-state index contributed by atoms with van der Waals surface area (Å²) in [5.74, 6) is -0.950. The lowest BCUT2D eigenvalue weighted by Gasteiger charge is -2.21. The molecule has 35 heavy (non-hydrogen) atoms. The maximum atomic E-state index is 10.9. The first-order valence-electron chi connectivity index (χ1n) is 12.2. The summed E-state index contributed by atoms with van der Waals surface area (Å²) in [6.45, 7) is 4.44. The lowest BCUT2D eigenvalue weighted by atomic mass is 9.87. The number of carboxylic acids is 1. The van der Waals surface area contributed by atoms with Crippen molar-refractivity contribution in [2.45, 2.75) is 26.2 Å². The number of carbonyl (C=O) groups is 1. The van der Waals surface area contributed by atoms with E-state index in [-0.39, 0.29) is 0 Å². The smallest absolute Gasteiger partial charge is 0.328 e. The minimum Gasteiger partial charge on any atom is -0.478 e. The fourth-order valence-corrected chi connectivity index (χ4v) is 4.93. The maximum Gasteiger partial charge on any atom is 0.328 e. The van der Waals surface area contributed by atoms with Gasteiger partial charge >= 0.3 is 5.97 Å². The number of fused-ring (bicyclic) bond motifs is 1. The molecule has 2 heterocycles. The quantitative estimate of drug-likeness (QED) is 0.238. The van der Waals surface area contributed by atoms with E-state index in [1.54, 1.807) is 6.08 Å². The molecular weight excluding hydrogens is 434 g/mol. The number of hydrogen-bond acceptors (Lipinski definition) is 3. The van der Waals surface area contributed by atoms with Crippen molar-refractivity contribution in [1.29, 1.82) is 0 Å². The average molecular weight is 464 g/mol. The Balaban J connectivity index is 1.66. The minimum absolute atomic E-state index is 0.856. The molecule has 0 bridgehead atoms. The lowest BCUT2D eigenvalue weighted by molar-refractivity contribution is -0.131. The Morgan fingerprint density at radius 3 is 2.51 bits per heavy atom. The highest BCUT2D eigenvalue weighted by molar-refractivity contribution is 6.00. The van der Waals surface area contributed by atoms with E-state index in [1.165, 1.54) is 41.3 Å². The van der Waals surface area contributed by atoms with Gasteiger partial charge in [-0.2, -0.15) is 5.10 Å². The summed E-state index contributed by atoms with van der Waals surface area (Å²) in [5.41, 5.74) is 9.08. The molecule has 0 radical (unpaired) electrons. The fraction of sp³-hybridized carbons (Fsp3) is 0.200. The number of nitrogens with zero attached hydrogens (tertiary/aromatic N) is 2. The Morgan fingerprint density at radius 2 is 1.77 bits per heavy atom. The molecule has 1 aliphatic rings. The van der Waals surface area contributed by atoms with Crippen molar-refractivity contribution in [3.05, 3.63) is 101 Å². The van der Waals surface area contributed by atoms with E-state index >= 15 is 0 Å². The van der Waals surface area contributed by atoms with Crippen LogP contribution in [-0.2, 0) is 4.79 Å². The number of nitrogens with one attached hydrogen (secondary N) is 1. The van der Waals surface area contributed by atoms with E-state index < -0.39 is 5.97 Å². The van der Waals surface area contributed by atoms with Gasteiger partial charge in [0.2, 0.25) is 0 Å². The second kappa shape index (κ2) is 10.0. The van der Waals surface area contributed by atoms with Gasteiger partial charge in [0.15, 0.2) is 0 Å². The molecule has 5 rings (SSSR count). The molecule has 0 atom stereocenters. The molecule has 5 nitrogen and oxygen atoms in total. The van der Waals surface area contributed by atoms with Crippen molar-refractivity contribution >= 4 is 39.8 Å². The molecule has 0 unspecified atom stereocenters. The van der Waals surface area contributed by atoms with E-state index in [0.29, 0.717) is 0 Å². The zero-order chi connectivity index (χ0) is 24.2. The third-order valence-electron chi connectivity index (χ3n) is 6.67. The first-order chi connectivity index (χ1) is 17.1. The number of hydrogen-bond donors (Lipinski definition) is 2. The SMILES string of the molecule is CCC(=C(c1ccc(C=CC(=O)O)cc1)c1ccc2[nH]ncc2c1)c1cccc(N2CCCC2)c1. The van der Waals surface area contributed by atoms with Crippen molar-refractivity contribution in [3.63, 3.8) is 0 Å². The summed E-state index contributed by atoms with van der Waals surface area (Å²) in [4.78, 5) is 13.4. The molecule has 1 fully saturated rings. The van der Waals surface area contributed by atoms with Crippen LogP contribution >= 0.6 is 0 Å². The van der Waals surface area contributed by atoms with Gasteiger partial charge in [0.05, 0.1) is 11.7 Å². The fourth-order valence-electron chi connectivity index (χ4n) is 4.93. The van der Waals surface area contributed by atoms with Crippen molar-refractivity contribution in [3.8, 4) is 0 Å². The highest BCUT2D eigenvalue weighted by Gasteiger charge is 2.17. The monoisotopic (exact) mass is 463 g/mol. The van der Waals surface area contributed by atoms with Crippen LogP contribution in [0, 0.1) is 0 Å². The van der Waals surface area contributed by atoms with Crippen molar-refractivity contribution < 1.29 is 9.90 Å². The highest BCUT2D eigenvalue weighted by atomic mass is 16.4. The molecule has 1 saturated heterocycles. The topological polar surface area (TPSA) is 69.2 Å². The Morgan fingerprint density at radius 1 is 1.00 bits per heavy atom. The van der Waals surface area contributed by atoms with Gasteiger partial charge in [0.1, 0.15) is 0 Å². The van der Waals surface area contributed by atoms with Crippen LogP contribution in [0.3, 0.4) is 0 Å². The van der Waals surface area contributed by atoms with Gasteiger partial charge in [0.25, 0.3) is 0 Å². The van der Waals surface area contributed by atoms with Gasteiger partial charge in [-0.15, -0.1) is 0 Å². The highest BCUT2D eigenvalue weighted by Crippen LogP contribution is 2.37. The Bertz CT molecular complexity index is 1410. The van der Waals surface area contributed by atoms with Crippen LogP contribution in [0.15, 0.2) is 79.0 Å². The molecule has 0 aliphatic carbocycles. The number of aliphatic carboxylic acids is 1. The zero-order valence-electron chi connectivity index (χ0n) is 19.9. The number of H-pyrrole nitrogens is 1. The van der Waals surface area contributed by atoms with Gasteiger partial charge in [-0.1, -0.05) is 49.4 Å². The van der Waals surface area contributed by atoms with Crippen LogP contribution in [0.1, 0.15) is 48.4 Å². The molecule has 4 aromatic rings. The number of carboxylic acid groups (broad SMARTS) is 1. The summed E-state index contributed by atoms with van der Waals surface area (Å²) in [6, 6.07) is 23.4. The number of aromatic amines is 1. The number of anilines is 1. The molecule has 176 valence electrons. The first kappa shape index (κ1) is 22.7. The minimum atomic E-state index is -0.950. The van der Waals surface area contributed by atoms with E-state index in [2.05, 4.69) is 76.6 Å². The Labute approximate surface area is 205 Å². The van der Waals surface area contributed by atoms with Gasteiger partial charge < -0.3 is 10.0 Å². The third kappa shape index (κ3) is 4.90. The van der Waals surface area contributed by atoms with E-state index in [4.69, 9.17) is 5.11 Å². The van der Waals surface area contributed by atoms with Crippen LogP contribution < -0.4 is 4.90 Å². The van der Waals surface area contributed by atoms with Crippen LogP contribution in [0.4, 0.5) is 5.69 Å². The summed E-state index contributed by atoms with van der Waals surface area (Å²) in [5, 5.41) is 17.3. The number of allylic oxidation sites excluding steroid dienone is 1. The second-order valence-electron chi connectivity index (χ2n) is 8.92. The second-order valence-corrected chi connectivity index (χ2v) is 8.92. The van der Waals surface area contributed by atoms with Crippen molar-refractivity contribution in [1.82, 2.24) is 10.2 Å². The molecule has 1 aromatic heterocycles. The number of rotatable bonds is 7. The molecule has 0 amide bonds. The predicted octanol–water partition coefficient (Wildman–Crippen LogP) is 6.63. The molecule has 0 saturated carbocycles. The normalized spacial score (nSPS) is 14.6. The number of benzene rings is 3. The van der Waals surface area contributed by atoms with Gasteiger partial charge in [0, 0.05) is 30.2 Å². The van der Waals surface area contributed by atoms with Crippen LogP contribution in [0.5, 0.6) is 0 Å². The molecule has 5 heteroatoms. The van der Waals surface area contributed by atoms with Crippen LogP contribution in [0.25, 0.3) is 28.1 Å². The van der Waals surface area contributed by atoms with E-state index in [0.717, 1.165) is 47.1 Å². The lowest BCUT2D eigenvalue weighted by Crippen LogP contribution is -2.17. The van der Waals surface area contributed by atoms with Gasteiger partial charge in [-0.25, -0.2) is 4.79 Å². The largest absolute Gasteiger partial charge is 0.478 e.